The Bertz CT molecular complexity index is 1050. The van der Waals surface area contributed by atoms with Gasteiger partial charge in [0.15, 0.2) is 23.0 Å². The molecule has 3 aromatic rings. The van der Waals surface area contributed by atoms with Crippen LogP contribution in [0.5, 0.6) is 11.5 Å². The van der Waals surface area contributed by atoms with Crippen molar-refractivity contribution < 1.29 is 18.7 Å². The number of carbonyl (C=O) groups excluding carboxylic acids is 1. The molecule has 6 heteroatoms. The van der Waals surface area contributed by atoms with Crippen LogP contribution in [0.2, 0.25) is 0 Å². The van der Waals surface area contributed by atoms with Crippen LogP contribution in [0, 0.1) is 0 Å². The molecule has 5 rings (SSSR count). The molecular weight excluding hydrogens is 356 g/mol. The lowest BCUT2D eigenvalue weighted by Crippen LogP contribution is -2.29. The molecule has 0 bridgehead atoms. The van der Waals surface area contributed by atoms with Crippen molar-refractivity contribution in [1.29, 1.82) is 0 Å². The summed E-state index contributed by atoms with van der Waals surface area (Å²) in [5.41, 5.74) is 3.07. The van der Waals surface area contributed by atoms with Crippen LogP contribution in [-0.2, 0) is 0 Å². The molecule has 2 aliphatic rings. The topological polar surface area (TPSA) is 64.8 Å². The zero-order valence-electron chi connectivity index (χ0n) is 16.0. The van der Waals surface area contributed by atoms with Gasteiger partial charge in [0, 0.05) is 18.5 Å². The first-order chi connectivity index (χ1) is 13.6. The van der Waals surface area contributed by atoms with E-state index in [1.54, 1.807) is 11.0 Å². The molecule has 0 spiro atoms. The predicted molar refractivity (Wildman–Crippen MR) is 104 cm³/mol. The number of oxazole rings is 1. The van der Waals surface area contributed by atoms with Crippen molar-refractivity contribution in [1.82, 2.24) is 9.88 Å². The third kappa shape index (κ3) is 2.99. The Hall–Kier alpha value is -3.02. The number of ether oxygens (including phenoxy) is 2. The largest absolute Gasteiger partial charge is 0.486 e. The molecule has 1 fully saturated rings. The molecule has 1 saturated carbocycles. The molecule has 0 saturated heterocycles. The first-order valence-electron chi connectivity index (χ1n) is 9.67. The number of hydrogen-bond donors (Lipinski definition) is 0. The molecule has 2 aromatic carbocycles. The lowest BCUT2D eigenvalue weighted by Gasteiger charge is -2.27. The highest BCUT2D eigenvalue weighted by atomic mass is 16.6. The fraction of sp³-hybridized carbons (Fsp3) is 0.364. The summed E-state index contributed by atoms with van der Waals surface area (Å²) in [7, 11) is 1.81. The fourth-order valence-electron chi connectivity index (χ4n) is 3.50. The van der Waals surface area contributed by atoms with Crippen molar-refractivity contribution in [3.63, 3.8) is 0 Å². The van der Waals surface area contributed by atoms with Crippen LogP contribution in [0.3, 0.4) is 0 Å². The molecule has 2 heterocycles. The number of benzene rings is 2. The Morgan fingerprint density at radius 1 is 1.11 bits per heavy atom. The second-order valence-electron chi connectivity index (χ2n) is 7.50. The number of nitrogens with zero attached hydrogens (tertiary/aromatic N) is 2. The fourth-order valence-corrected chi connectivity index (χ4v) is 3.50. The van der Waals surface area contributed by atoms with Crippen LogP contribution in [0.4, 0.5) is 0 Å². The summed E-state index contributed by atoms with van der Waals surface area (Å²) in [5.74, 6) is 2.65. The van der Waals surface area contributed by atoms with Crippen molar-refractivity contribution in [2.24, 2.45) is 0 Å². The van der Waals surface area contributed by atoms with E-state index < -0.39 is 0 Å². The monoisotopic (exact) mass is 378 g/mol. The summed E-state index contributed by atoms with van der Waals surface area (Å²) >= 11 is 0. The smallest absolute Gasteiger partial charge is 0.254 e. The highest BCUT2D eigenvalue weighted by Gasteiger charge is 2.29. The molecule has 1 aliphatic heterocycles. The summed E-state index contributed by atoms with van der Waals surface area (Å²) in [4.78, 5) is 19.3. The molecule has 1 aromatic heterocycles. The molecule has 6 nitrogen and oxygen atoms in total. The minimum atomic E-state index is -0.115. The van der Waals surface area contributed by atoms with Gasteiger partial charge >= 0.3 is 0 Å². The molecule has 0 N–H and O–H groups in total. The van der Waals surface area contributed by atoms with Crippen molar-refractivity contribution in [3.8, 4) is 11.5 Å². The lowest BCUT2D eigenvalue weighted by molar-refractivity contribution is 0.0742. The van der Waals surface area contributed by atoms with E-state index in [0.717, 1.165) is 41.3 Å². The van der Waals surface area contributed by atoms with Gasteiger partial charge in [-0.05, 0) is 55.7 Å². The van der Waals surface area contributed by atoms with Gasteiger partial charge in [-0.1, -0.05) is 6.07 Å². The number of fused-ring (bicyclic) bond motifs is 2. The summed E-state index contributed by atoms with van der Waals surface area (Å²) in [5, 5.41) is 0. The number of aromatic nitrogens is 1. The van der Waals surface area contributed by atoms with Gasteiger partial charge in [-0.15, -0.1) is 0 Å². The molecule has 1 atom stereocenters. The minimum absolute atomic E-state index is 0.0614. The number of hydrogen-bond acceptors (Lipinski definition) is 5. The van der Waals surface area contributed by atoms with Gasteiger partial charge in [0.25, 0.3) is 5.91 Å². The van der Waals surface area contributed by atoms with E-state index in [1.807, 2.05) is 44.3 Å². The predicted octanol–water partition coefficient (Wildman–Crippen LogP) is 4.31. The number of carbonyl (C=O) groups is 1. The molecule has 0 radical (unpaired) electrons. The molecule has 1 amide bonds. The Morgan fingerprint density at radius 2 is 1.89 bits per heavy atom. The van der Waals surface area contributed by atoms with E-state index >= 15 is 0 Å². The normalized spacial score (nSPS) is 16.8. The van der Waals surface area contributed by atoms with Gasteiger partial charge in [-0.3, -0.25) is 4.79 Å². The third-order valence-electron chi connectivity index (χ3n) is 5.53. The maximum absolute atomic E-state index is 13.1. The maximum atomic E-state index is 13.1. The van der Waals surface area contributed by atoms with Gasteiger partial charge in [-0.2, -0.15) is 0 Å². The number of amides is 1. The van der Waals surface area contributed by atoms with E-state index in [9.17, 15) is 4.79 Å². The second kappa shape index (κ2) is 6.55. The highest BCUT2D eigenvalue weighted by molar-refractivity contribution is 5.97. The minimum Gasteiger partial charge on any atom is -0.486 e. The maximum Gasteiger partial charge on any atom is 0.254 e. The first kappa shape index (κ1) is 17.1. The summed E-state index contributed by atoms with van der Waals surface area (Å²) in [6, 6.07) is 11.2. The molecule has 1 unspecified atom stereocenters. The summed E-state index contributed by atoms with van der Waals surface area (Å²) in [6.45, 7) is 3.11. The van der Waals surface area contributed by atoms with Crippen molar-refractivity contribution in [2.75, 3.05) is 20.3 Å². The van der Waals surface area contributed by atoms with Gasteiger partial charge < -0.3 is 18.8 Å². The zero-order chi connectivity index (χ0) is 19.3. The van der Waals surface area contributed by atoms with Gasteiger partial charge in [0.1, 0.15) is 18.7 Å². The van der Waals surface area contributed by atoms with Crippen LogP contribution in [0.15, 0.2) is 40.8 Å². The van der Waals surface area contributed by atoms with Crippen molar-refractivity contribution in [3.05, 3.63) is 53.4 Å². The van der Waals surface area contributed by atoms with Gasteiger partial charge in [-0.25, -0.2) is 4.98 Å². The lowest BCUT2D eigenvalue weighted by atomic mass is 10.0. The Labute approximate surface area is 163 Å². The van der Waals surface area contributed by atoms with E-state index in [1.165, 1.54) is 0 Å². The average Bonchev–Trinajstić information content (AvgIpc) is 3.50. The molecular formula is C22H22N2O4. The highest BCUT2D eigenvalue weighted by Crippen LogP contribution is 2.40. The van der Waals surface area contributed by atoms with Crippen molar-refractivity contribution in [2.45, 2.75) is 31.7 Å². The quantitative estimate of drug-likeness (QED) is 0.677. The van der Waals surface area contributed by atoms with E-state index in [4.69, 9.17) is 13.9 Å². The first-order valence-corrected chi connectivity index (χ1v) is 9.67. The molecule has 28 heavy (non-hydrogen) atoms. The average molecular weight is 378 g/mol. The summed E-state index contributed by atoms with van der Waals surface area (Å²) in [6.07, 6.45) is 2.27. The number of rotatable bonds is 4. The van der Waals surface area contributed by atoms with Crippen LogP contribution in [-0.4, -0.2) is 36.1 Å². The van der Waals surface area contributed by atoms with E-state index in [-0.39, 0.29) is 11.9 Å². The van der Waals surface area contributed by atoms with Gasteiger partial charge in [0.2, 0.25) is 0 Å². The molecule has 1 aliphatic carbocycles. The standard InChI is InChI=1S/C22H22N2O4/c1-13(15-6-8-18-20(11-15)27-10-9-26-18)24(2)22(25)16-5-7-17-19(12-16)28-21(23-17)14-3-4-14/h5-8,11-14H,3-4,9-10H2,1-2H3. The molecule has 144 valence electrons. The SMILES string of the molecule is CC(c1ccc2c(c1)OCCO2)N(C)C(=O)c1ccc2nc(C3CC3)oc2c1. The van der Waals surface area contributed by atoms with E-state index in [2.05, 4.69) is 4.98 Å². The van der Waals surface area contributed by atoms with Crippen LogP contribution < -0.4 is 9.47 Å². The van der Waals surface area contributed by atoms with Crippen molar-refractivity contribution >= 4 is 17.0 Å². The Kier molecular flexibility index (Phi) is 4.00. The van der Waals surface area contributed by atoms with E-state index in [0.29, 0.717) is 30.3 Å². The van der Waals surface area contributed by atoms with Crippen LogP contribution >= 0.6 is 0 Å². The zero-order valence-corrected chi connectivity index (χ0v) is 16.0. The van der Waals surface area contributed by atoms with Crippen LogP contribution in [0.1, 0.15) is 53.5 Å². The summed E-state index contributed by atoms with van der Waals surface area (Å²) < 4.78 is 17.1. The second-order valence-corrected chi connectivity index (χ2v) is 7.50. The third-order valence-corrected chi connectivity index (χ3v) is 5.53. The Morgan fingerprint density at radius 3 is 2.68 bits per heavy atom. The Balaban J connectivity index is 1.38. The van der Waals surface area contributed by atoms with Gasteiger partial charge in [0.05, 0.1) is 6.04 Å². The van der Waals surface area contributed by atoms with Crippen LogP contribution in [0.25, 0.3) is 11.1 Å².